The summed E-state index contributed by atoms with van der Waals surface area (Å²) in [5.41, 5.74) is 0.934. The molecule has 0 spiro atoms. The molecule has 0 radical (unpaired) electrons. The number of halogens is 2. The molecule has 5 heteroatoms. The number of rotatable bonds is 4. The highest BCUT2D eigenvalue weighted by atomic mass is 79.9. The van der Waals surface area contributed by atoms with E-state index in [2.05, 4.69) is 26.6 Å². The quantitative estimate of drug-likeness (QED) is 0.895. The molecule has 0 bridgehead atoms. The van der Waals surface area contributed by atoms with Gasteiger partial charge in [-0.3, -0.25) is 4.79 Å². The highest BCUT2D eigenvalue weighted by Crippen LogP contribution is 2.25. The number of hydrogen-bond donors (Lipinski definition) is 2. The lowest BCUT2D eigenvalue weighted by Gasteiger charge is -2.08. The molecule has 2 N–H and O–H groups in total. The van der Waals surface area contributed by atoms with Crippen molar-refractivity contribution in [1.82, 2.24) is 5.32 Å². The Morgan fingerprint density at radius 1 is 1.53 bits per heavy atom. The number of hydrogen-bond acceptors (Lipinski definition) is 2. The van der Waals surface area contributed by atoms with E-state index in [1.807, 2.05) is 12.1 Å². The van der Waals surface area contributed by atoms with E-state index in [0.717, 1.165) is 10.2 Å². The number of anilines is 1. The van der Waals surface area contributed by atoms with Gasteiger partial charge >= 0.3 is 0 Å². The summed E-state index contributed by atoms with van der Waals surface area (Å²) in [5.74, 6) is 0.0209. The second-order valence-corrected chi connectivity index (χ2v) is 4.26. The summed E-state index contributed by atoms with van der Waals surface area (Å²) in [6.45, 7) is 0.597. The zero-order valence-electron chi connectivity index (χ0n) is 8.31. The molecule has 0 fully saturated rings. The standard InChI is InChI=1S/C10H12BrClN2O/c1-13-10(15)4-5-14-9-3-2-7(12)6-8(9)11/h2-3,6,14H,4-5H2,1H3,(H,13,15). The van der Waals surface area contributed by atoms with Gasteiger partial charge < -0.3 is 10.6 Å². The fourth-order valence-corrected chi connectivity index (χ4v) is 1.89. The van der Waals surface area contributed by atoms with Gasteiger partial charge in [0.05, 0.1) is 0 Å². The van der Waals surface area contributed by atoms with Gasteiger partial charge in [0.15, 0.2) is 0 Å². The molecule has 0 saturated carbocycles. The predicted octanol–water partition coefficient (Wildman–Crippen LogP) is 2.65. The van der Waals surface area contributed by atoms with Gasteiger partial charge in [0.1, 0.15) is 0 Å². The molecule has 82 valence electrons. The first-order chi connectivity index (χ1) is 7.13. The Hall–Kier alpha value is -0.740. The Morgan fingerprint density at radius 3 is 2.87 bits per heavy atom. The van der Waals surface area contributed by atoms with Crippen molar-refractivity contribution in [3.8, 4) is 0 Å². The van der Waals surface area contributed by atoms with Gasteiger partial charge in [-0.1, -0.05) is 11.6 Å². The average Bonchev–Trinajstić information content (AvgIpc) is 2.21. The number of benzene rings is 1. The van der Waals surface area contributed by atoms with Crippen LogP contribution >= 0.6 is 27.5 Å². The van der Waals surface area contributed by atoms with Crippen molar-refractivity contribution < 1.29 is 4.79 Å². The van der Waals surface area contributed by atoms with Crippen LogP contribution in [0.15, 0.2) is 22.7 Å². The molecule has 1 amide bonds. The predicted molar refractivity (Wildman–Crippen MR) is 66.3 cm³/mol. The molecule has 0 aliphatic carbocycles. The smallest absolute Gasteiger partial charge is 0.221 e. The Labute approximate surface area is 102 Å². The van der Waals surface area contributed by atoms with E-state index in [0.29, 0.717) is 18.0 Å². The van der Waals surface area contributed by atoms with Crippen LogP contribution in [0.5, 0.6) is 0 Å². The molecule has 0 saturated heterocycles. The number of carbonyl (C=O) groups is 1. The van der Waals surface area contributed by atoms with Crippen molar-refractivity contribution in [2.45, 2.75) is 6.42 Å². The van der Waals surface area contributed by atoms with E-state index in [1.165, 1.54) is 0 Å². The first-order valence-electron chi connectivity index (χ1n) is 4.53. The van der Waals surface area contributed by atoms with Crippen LogP contribution in [0.3, 0.4) is 0 Å². The van der Waals surface area contributed by atoms with E-state index >= 15 is 0 Å². The van der Waals surface area contributed by atoms with Crippen molar-refractivity contribution in [1.29, 1.82) is 0 Å². The Morgan fingerprint density at radius 2 is 2.27 bits per heavy atom. The molecular formula is C10H12BrClN2O. The molecule has 0 aliphatic rings. The van der Waals surface area contributed by atoms with Crippen LogP contribution < -0.4 is 10.6 Å². The number of carbonyl (C=O) groups excluding carboxylic acids is 1. The van der Waals surface area contributed by atoms with Crippen LogP contribution in [0.4, 0.5) is 5.69 Å². The summed E-state index contributed by atoms with van der Waals surface area (Å²) in [6, 6.07) is 5.48. The number of amides is 1. The first-order valence-corrected chi connectivity index (χ1v) is 5.70. The molecular weight excluding hydrogens is 279 g/mol. The molecule has 0 atom stereocenters. The highest BCUT2D eigenvalue weighted by molar-refractivity contribution is 9.10. The largest absolute Gasteiger partial charge is 0.384 e. The maximum atomic E-state index is 11.0. The van der Waals surface area contributed by atoms with E-state index < -0.39 is 0 Å². The Kier molecular flexibility index (Phi) is 4.91. The third kappa shape index (κ3) is 4.10. The summed E-state index contributed by atoms with van der Waals surface area (Å²) in [4.78, 5) is 11.0. The molecule has 1 aromatic carbocycles. The minimum atomic E-state index is 0.0209. The second kappa shape index (κ2) is 5.98. The van der Waals surface area contributed by atoms with Crippen molar-refractivity contribution in [2.75, 3.05) is 18.9 Å². The van der Waals surface area contributed by atoms with Crippen LogP contribution in [-0.2, 0) is 4.79 Å². The molecule has 0 aliphatic heterocycles. The maximum absolute atomic E-state index is 11.0. The van der Waals surface area contributed by atoms with Gasteiger partial charge in [0, 0.05) is 35.2 Å². The summed E-state index contributed by atoms with van der Waals surface area (Å²) < 4.78 is 0.895. The van der Waals surface area contributed by atoms with Crippen LogP contribution in [0.2, 0.25) is 5.02 Å². The minimum Gasteiger partial charge on any atom is -0.384 e. The molecule has 15 heavy (non-hydrogen) atoms. The summed E-state index contributed by atoms with van der Waals surface area (Å²) in [7, 11) is 1.63. The fourth-order valence-electron chi connectivity index (χ4n) is 1.07. The molecule has 0 heterocycles. The van der Waals surface area contributed by atoms with Crippen LogP contribution in [-0.4, -0.2) is 19.5 Å². The highest BCUT2D eigenvalue weighted by Gasteiger charge is 2.01. The Balaban J connectivity index is 2.47. The van der Waals surface area contributed by atoms with E-state index in [-0.39, 0.29) is 5.91 Å². The zero-order chi connectivity index (χ0) is 11.3. The van der Waals surface area contributed by atoms with Gasteiger partial charge in [0.2, 0.25) is 5.91 Å². The summed E-state index contributed by atoms with van der Waals surface area (Å²) in [6.07, 6.45) is 0.450. The molecule has 1 aromatic rings. The van der Waals surface area contributed by atoms with Crippen LogP contribution in [0.1, 0.15) is 6.42 Å². The summed E-state index contributed by atoms with van der Waals surface area (Å²) in [5, 5.41) is 6.38. The fraction of sp³-hybridized carbons (Fsp3) is 0.300. The SMILES string of the molecule is CNC(=O)CCNc1ccc(Cl)cc1Br. The monoisotopic (exact) mass is 290 g/mol. The van der Waals surface area contributed by atoms with Crippen molar-refractivity contribution >= 4 is 39.1 Å². The van der Waals surface area contributed by atoms with Gasteiger partial charge in [-0.15, -0.1) is 0 Å². The van der Waals surface area contributed by atoms with Crippen molar-refractivity contribution in [3.63, 3.8) is 0 Å². The lowest BCUT2D eigenvalue weighted by molar-refractivity contribution is -0.120. The lowest BCUT2D eigenvalue weighted by atomic mass is 10.3. The van der Waals surface area contributed by atoms with Gasteiger partial charge in [-0.25, -0.2) is 0 Å². The topological polar surface area (TPSA) is 41.1 Å². The maximum Gasteiger partial charge on any atom is 0.221 e. The summed E-state index contributed by atoms with van der Waals surface area (Å²) >= 11 is 9.19. The van der Waals surface area contributed by atoms with Crippen LogP contribution in [0, 0.1) is 0 Å². The second-order valence-electron chi connectivity index (χ2n) is 2.97. The normalized spacial score (nSPS) is 9.80. The van der Waals surface area contributed by atoms with Gasteiger partial charge in [0.25, 0.3) is 0 Å². The van der Waals surface area contributed by atoms with Crippen molar-refractivity contribution in [3.05, 3.63) is 27.7 Å². The minimum absolute atomic E-state index is 0.0209. The van der Waals surface area contributed by atoms with E-state index in [1.54, 1.807) is 13.1 Å². The molecule has 3 nitrogen and oxygen atoms in total. The van der Waals surface area contributed by atoms with Gasteiger partial charge in [-0.05, 0) is 34.1 Å². The Bertz CT molecular complexity index is 357. The molecule has 0 aromatic heterocycles. The van der Waals surface area contributed by atoms with Crippen molar-refractivity contribution in [2.24, 2.45) is 0 Å². The third-order valence-electron chi connectivity index (χ3n) is 1.88. The average molecular weight is 292 g/mol. The number of nitrogens with one attached hydrogen (secondary N) is 2. The lowest BCUT2D eigenvalue weighted by Crippen LogP contribution is -2.20. The first kappa shape index (κ1) is 12.3. The molecule has 0 unspecified atom stereocenters. The third-order valence-corrected chi connectivity index (χ3v) is 2.77. The van der Waals surface area contributed by atoms with E-state index in [4.69, 9.17) is 11.6 Å². The van der Waals surface area contributed by atoms with E-state index in [9.17, 15) is 4.79 Å². The zero-order valence-corrected chi connectivity index (χ0v) is 10.7. The van der Waals surface area contributed by atoms with Gasteiger partial charge in [-0.2, -0.15) is 0 Å². The van der Waals surface area contributed by atoms with Crippen LogP contribution in [0.25, 0.3) is 0 Å². The molecule has 1 rings (SSSR count).